The fourth-order valence-electron chi connectivity index (χ4n) is 2.66. The molecule has 1 aromatic carbocycles. The molecule has 0 spiro atoms. The molecule has 17 heavy (non-hydrogen) atoms. The Morgan fingerprint density at radius 1 is 1.29 bits per heavy atom. The van der Waals surface area contributed by atoms with Crippen LogP contribution in [0.25, 0.3) is 0 Å². The van der Waals surface area contributed by atoms with Gasteiger partial charge >= 0.3 is 0 Å². The Morgan fingerprint density at radius 3 is 2.88 bits per heavy atom. The quantitative estimate of drug-likeness (QED) is 0.855. The zero-order valence-corrected chi connectivity index (χ0v) is 10.2. The van der Waals surface area contributed by atoms with E-state index >= 15 is 0 Å². The lowest BCUT2D eigenvalue weighted by Crippen LogP contribution is -2.30. The first kappa shape index (κ1) is 10.4. The third kappa shape index (κ3) is 1.62. The molecule has 0 aliphatic carbocycles. The van der Waals surface area contributed by atoms with Crippen molar-refractivity contribution in [2.75, 3.05) is 4.90 Å². The summed E-state index contributed by atoms with van der Waals surface area (Å²) in [5, 5.41) is 0. The summed E-state index contributed by atoms with van der Waals surface area (Å²) in [5.41, 5.74) is 3.91. The van der Waals surface area contributed by atoms with Gasteiger partial charge in [-0.15, -0.1) is 0 Å². The maximum atomic E-state index is 4.31. The molecule has 1 aliphatic rings. The van der Waals surface area contributed by atoms with Crippen LogP contribution in [0, 0.1) is 0 Å². The van der Waals surface area contributed by atoms with Crippen molar-refractivity contribution in [1.82, 2.24) is 9.97 Å². The first-order valence-electron chi connectivity index (χ1n) is 6.10. The van der Waals surface area contributed by atoms with Gasteiger partial charge in [-0.1, -0.05) is 25.1 Å². The van der Waals surface area contributed by atoms with E-state index in [1.165, 1.54) is 11.3 Å². The van der Waals surface area contributed by atoms with Crippen LogP contribution in [0.5, 0.6) is 0 Å². The maximum absolute atomic E-state index is 4.31. The van der Waals surface area contributed by atoms with Gasteiger partial charge in [0.15, 0.2) is 0 Å². The molecular formula is C14H17N3. The maximum Gasteiger partial charge on any atom is 0.0923 e. The lowest BCUT2D eigenvalue weighted by molar-refractivity contribution is 0.588. The summed E-state index contributed by atoms with van der Waals surface area (Å²) in [6, 6.07) is 9.22. The Kier molecular flexibility index (Phi) is 2.39. The predicted molar refractivity (Wildman–Crippen MR) is 69.1 cm³/mol. The van der Waals surface area contributed by atoms with Crippen molar-refractivity contribution >= 4 is 5.69 Å². The SMILES string of the molecule is C[C@@H]1c2ccccc2N(Cc2c[nH]cn2)[C@@H]1C. The molecular weight excluding hydrogens is 210 g/mol. The molecule has 2 atom stereocenters. The van der Waals surface area contributed by atoms with Crippen LogP contribution in [0.2, 0.25) is 0 Å². The Balaban J connectivity index is 1.95. The lowest BCUT2D eigenvalue weighted by atomic mass is 9.98. The molecule has 3 heteroatoms. The minimum absolute atomic E-state index is 0.532. The average molecular weight is 227 g/mol. The van der Waals surface area contributed by atoms with Crippen molar-refractivity contribution in [3.8, 4) is 0 Å². The van der Waals surface area contributed by atoms with Crippen LogP contribution in [-0.2, 0) is 6.54 Å². The number of fused-ring (bicyclic) bond motifs is 1. The highest BCUT2D eigenvalue weighted by Crippen LogP contribution is 2.40. The van der Waals surface area contributed by atoms with Gasteiger partial charge < -0.3 is 9.88 Å². The number of para-hydroxylation sites is 1. The van der Waals surface area contributed by atoms with Crippen LogP contribution in [-0.4, -0.2) is 16.0 Å². The van der Waals surface area contributed by atoms with Crippen molar-refractivity contribution in [3.05, 3.63) is 48.0 Å². The zero-order valence-electron chi connectivity index (χ0n) is 10.2. The molecule has 3 nitrogen and oxygen atoms in total. The topological polar surface area (TPSA) is 31.9 Å². The van der Waals surface area contributed by atoms with E-state index in [1.54, 1.807) is 6.33 Å². The van der Waals surface area contributed by atoms with Gasteiger partial charge in [0.25, 0.3) is 0 Å². The molecule has 0 amide bonds. The second-order valence-electron chi connectivity index (χ2n) is 4.78. The average Bonchev–Trinajstić information content (AvgIpc) is 2.94. The highest BCUT2D eigenvalue weighted by Gasteiger charge is 2.32. The van der Waals surface area contributed by atoms with Gasteiger partial charge in [-0.25, -0.2) is 4.98 Å². The van der Waals surface area contributed by atoms with Gasteiger partial charge in [-0.2, -0.15) is 0 Å². The van der Waals surface area contributed by atoms with Crippen LogP contribution in [0.15, 0.2) is 36.8 Å². The molecule has 1 N–H and O–H groups in total. The van der Waals surface area contributed by atoms with Crippen molar-refractivity contribution in [2.24, 2.45) is 0 Å². The molecule has 0 radical (unpaired) electrons. The van der Waals surface area contributed by atoms with Gasteiger partial charge in [0.05, 0.1) is 18.6 Å². The highest BCUT2D eigenvalue weighted by molar-refractivity contribution is 5.61. The van der Waals surface area contributed by atoms with Crippen molar-refractivity contribution in [2.45, 2.75) is 32.4 Å². The molecule has 1 aromatic heterocycles. The van der Waals surface area contributed by atoms with Gasteiger partial charge in [0.2, 0.25) is 0 Å². The number of nitrogens with one attached hydrogen (secondary N) is 1. The number of nitrogens with zero attached hydrogens (tertiary/aromatic N) is 2. The van der Waals surface area contributed by atoms with Crippen molar-refractivity contribution in [1.29, 1.82) is 0 Å². The minimum atomic E-state index is 0.532. The molecule has 88 valence electrons. The number of H-pyrrole nitrogens is 1. The second kappa shape index (κ2) is 3.91. The molecule has 0 bridgehead atoms. The minimum Gasteiger partial charge on any atom is -0.362 e. The van der Waals surface area contributed by atoms with Gasteiger partial charge in [0, 0.05) is 23.8 Å². The van der Waals surface area contributed by atoms with Gasteiger partial charge in [-0.3, -0.25) is 0 Å². The molecule has 0 saturated heterocycles. The molecule has 2 aromatic rings. The number of hydrogen-bond donors (Lipinski definition) is 1. The summed E-state index contributed by atoms with van der Waals surface area (Å²) in [6.45, 7) is 5.47. The van der Waals surface area contributed by atoms with E-state index in [-0.39, 0.29) is 0 Å². The molecule has 0 saturated carbocycles. The third-order valence-electron chi connectivity index (χ3n) is 3.84. The number of aromatic amines is 1. The number of hydrogen-bond acceptors (Lipinski definition) is 2. The first-order chi connectivity index (χ1) is 8.27. The lowest BCUT2D eigenvalue weighted by Gasteiger charge is -2.25. The fraction of sp³-hybridized carbons (Fsp3) is 0.357. The third-order valence-corrected chi connectivity index (χ3v) is 3.84. The van der Waals surface area contributed by atoms with Crippen molar-refractivity contribution in [3.63, 3.8) is 0 Å². The molecule has 0 unspecified atom stereocenters. The molecule has 3 rings (SSSR count). The van der Waals surface area contributed by atoms with E-state index in [9.17, 15) is 0 Å². The number of imidazole rings is 1. The predicted octanol–water partition coefficient (Wildman–Crippen LogP) is 2.92. The summed E-state index contributed by atoms with van der Waals surface area (Å²) in [4.78, 5) is 9.77. The van der Waals surface area contributed by atoms with Crippen molar-refractivity contribution < 1.29 is 0 Å². The van der Waals surface area contributed by atoms with Crippen LogP contribution in [0.4, 0.5) is 5.69 Å². The molecule has 2 heterocycles. The zero-order chi connectivity index (χ0) is 11.8. The van der Waals surface area contributed by atoms with E-state index in [0.717, 1.165) is 12.2 Å². The Labute approximate surface area is 101 Å². The van der Waals surface area contributed by atoms with E-state index < -0.39 is 0 Å². The largest absolute Gasteiger partial charge is 0.362 e. The summed E-state index contributed by atoms with van der Waals surface area (Å²) in [7, 11) is 0. The number of benzene rings is 1. The van der Waals surface area contributed by atoms with Crippen LogP contribution in [0.1, 0.15) is 31.0 Å². The first-order valence-corrected chi connectivity index (χ1v) is 6.10. The highest BCUT2D eigenvalue weighted by atomic mass is 15.2. The van der Waals surface area contributed by atoms with E-state index in [2.05, 4.69) is 53.0 Å². The Hall–Kier alpha value is -1.77. The Bertz CT molecular complexity index is 504. The monoisotopic (exact) mass is 227 g/mol. The van der Waals surface area contributed by atoms with E-state index in [4.69, 9.17) is 0 Å². The van der Waals surface area contributed by atoms with Crippen LogP contribution < -0.4 is 4.90 Å². The van der Waals surface area contributed by atoms with Gasteiger partial charge in [-0.05, 0) is 18.6 Å². The fourth-order valence-corrected chi connectivity index (χ4v) is 2.66. The summed E-state index contributed by atoms with van der Waals surface area (Å²) in [6.07, 6.45) is 3.71. The molecule has 1 aliphatic heterocycles. The normalized spacial score (nSPS) is 22.8. The Morgan fingerprint density at radius 2 is 2.12 bits per heavy atom. The van der Waals surface area contributed by atoms with E-state index in [1.807, 2.05) is 6.20 Å². The standard InChI is InChI=1S/C14H17N3/c1-10-11(2)17(8-12-7-15-9-16-12)14-6-4-3-5-13(10)14/h3-7,9-11H,8H2,1-2H3,(H,15,16)/t10-,11+/m0/s1. The molecule has 0 fully saturated rings. The second-order valence-corrected chi connectivity index (χ2v) is 4.78. The van der Waals surface area contributed by atoms with Crippen LogP contribution in [0.3, 0.4) is 0 Å². The smallest absolute Gasteiger partial charge is 0.0923 e. The van der Waals surface area contributed by atoms with Gasteiger partial charge in [0.1, 0.15) is 0 Å². The summed E-state index contributed by atoms with van der Waals surface area (Å²) < 4.78 is 0. The summed E-state index contributed by atoms with van der Waals surface area (Å²) in [5.74, 6) is 0.588. The van der Waals surface area contributed by atoms with Crippen LogP contribution >= 0.6 is 0 Å². The summed E-state index contributed by atoms with van der Waals surface area (Å²) >= 11 is 0. The number of aromatic nitrogens is 2. The number of anilines is 1. The number of rotatable bonds is 2. The van der Waals surface area contributed by atoms with E-state index in [0.29, 0.717) is 12.0 Å².